The quantitative estimate of drug-likeness (QED) is 0.241. The summed E-state index contributed by atoms with van der Waals surface area (Å²) in [6.07, 6.45) is -4.40. The van der Waals surface area contributed by atoms with Gasteiger partial charge in [0.05, 0.1) is 32.8 Å². The van der Waals surface area contributed by atoms with Gasteiger partial charge in [-0.25, -0.2) is 4.98 Å². The number of nitrogens with zero attached hydrogens (tertiary/aromatic N) is 2. The van der Waals surface area contributed by atoms with E-state index in [-0.39, 0.29) is 11.4 Å². The Hall–Kier alpha value is -3.05. The third-order valence-electron chi connectivity index (χ3n) is 4.58. The van der Waals surface area contributed by atoms with Crippen LogP contribution in [0, 0.1) is 6.92 Å². The minimum absolute atomic E-state index is 0.215. The van der Waals surface area contributed by atoms with Crippen molar-refractivity contribution in [2.24, 2.45) is 0 Å². The molecule has 0 fully saturated rings. The molecule has 0 saturated heterocycles. The van der Waals surface area contributed by atoms with E-state index >= 15 is 0 Å². The maximum absolute atomic E-state index is 12.9. The highest BCUT2D eigenvalue weighted by atomic mass is 32.2. The third-order valence-corrected chi connectivity index (χ3v) is 6.67. The van der Waals surface area contributed by atoms with Crippen molar-refractivity contribution in [2.45, 2.75) is 23.7 Å². The second-order valence-corrected chi connectivity index (χ2v) is 9.15. The van der Waals surface area contributed by atoms with Gasteiger partial charge < -0.3 is 15.2 Å². The number of thiazole rings is 1. The number of carbonyl (C=O) groups excluding carboxylic acids is 1. The number of aryl methyl sites for hydroxylation is 1. The van der Waals surface area contributed by atoms with E-state index in [1.165, 1.54) is 29.2 Å². The second-order valence-electron chi connectivity index (χ2n) is 7.10. The molecule has 6 nitrogen and oxygen atoms in total. The molecule has 33 heavy (non-hydrogen) atoms. The number of hydrogen-bond acceptors (Lipinski definition) is 7. The maximum Gasteiger partial charge on any atom is 0.416 e. The van der Waals surface area contributed by atoms with Gasteiger partial charge >= 0.3 is 6.18 Å². The molecular weight excluding hydrogens is 473 g/mol. The van der Waals surface area contributed by atoms with Crippen molar-refractivity contribution in [3.63, 3.8) is 0 Å². The SMILES string of the molecule is Cc1cc(CSc2ccccc2C(=O)NCCNc2nc3cc(C(F)(F)F)ccc3s2)on1. The molecule has 4 aromatic rings. The van der Waals surface area contributed by atoms with Gasteiger partial charge in [0.2, 0.25) is 0 Å². The van der Waals surface area contributed by atoms with Crippen LogP contribution in [0.4, 0.5) is 18.3 Å². The van der Waals surface area contributed by atoms with E-state index in [0.717, 1.165) is 28.5 Å². The normalized spacial score (nSPS) is 11.6. The Kier molecular flexibility index (Phi) is 6.89. The molecular formula is C22H19F3N4O2S2. The van der Waals surface area contributed by atoms with Crippen LogP contribution in [0.1, 0.15) is 27.4 Å². The molecule has 0 aliphatic rings. The van der Waals surface area contributed by atoms with Gasteiger partial charge in [0.1, 0.15) is 5.76 Å². The van der Waals surface area contributed by atoms with Crippen LogP contribution in [0.5, 0.6) is 0 Å². The predicted octanol–water partition coefficient (Wildman–Crippen LogP) is 5.75. The summed E-state index contributed by atoms with van der Waals surface area (Å²) in [4.78, 5) is 17.7. The molecule has 0 saturated carbocycles. The first-order chi connectivity index (χ1) is 15.8. The Bertz CT molecular complexity index is 1270. The predicted molar refractivity (Wildman–Crippen MR) is 123 cm³/mol. The number of benzene rings is 2. The average molecular weight is 493 g/mol. The standard InChI is InChI=1S/C22H19F3N4O2S2/c1-13-10-15(31-29-13)12-32-18-5-3-2-4-16(18)20(30)26-8-9-27-21-28-17-11-14(22(23,24)25)6-7-19(17)33-21/h2-7,10-11H,8-9,12H2,1H3,(H,26,30)(H,27,28). The number of anilines is 1. The Morgan fingerprint density at radius 1 is 1.15 bits per heavy atom. The van der Waals surface area contributed by atoms with Gasteiger partial charge in [-0.1, -0.05) is 28.6 Å². The van der Waals surface area contributed by atoms with Crippen LogP contribution < -0.4 is 10.6 Å². The lowest BCUT2D eigenvalue weighted by Gasteiger charge is -2.09. The lowest BCUT2D eigenvalue weighted by molar-refractivity contribution is -0.137. The monoisotopic (exact) mass is 492 g/mol. The summed E-state index contributed by atoms with van der Waals surface area (Å²) in [7, 11) is 0. The topological polar surface area (TPSA) is 80.0 Å². The molecule has 2 aromatic carbocycles. The number of fused-ring (bicyclic) bond motifs is 1. The van der Waals surface area contributed by atoms with E-state index in [9.17, 15) is 18.0 Å². The molecule has 0 unspecified atom stereocenters. The average Bonchev–Trinajstić information content (AvgIpc) is 3.39. The van der Waals surface area contributed by atoms with Gasteiger partial charge in [-0.15, -0.1) is 11.8 Å². The van der Waals surface area contributed by atoms with Crippen molar-refractivity contribution < 1.29 is 22.5 Å². The first kappa shape index (κ1) is 23.1. The summed E-state index contributed by atoms with van der Waals surface area (Å²) in [6, 6.07) is 12.6. The Labute approximate surface area is 195 Å². The van der Waals surface area contributed by atoms with Crippen molar-refractivity contribution in [2.75, 3.05) is 18.4 Å². The Morgan fingerprint density at radius 2 is 1.97 bits per heavy atom. The van der Waals surface area contributed by atoms with Crippen LogP contribution in [0.3, 0.4) is 0 Å². The summed E-state index contributed by atoms with van der Waals surface area (Å²) < 4.78 is 44.5. The van der Waals surface area contributed by atoms with Gasteiger partial charge in [-0.05, 0) is 37.3 Å². The van der Waals surface area contributed by atoms with Gasteiger partial charge in [0.15, 0.2) is 5.13 Å². The number of halogens is 3. The number of hydrogen-bond donors (Lipinski definition) is 2. The maximum atomic E-state index is 12.9. The molecule has 0 atom stereocenters. The van der Waals surface area contributed by atoms with Crippen molar-refractivity contribution in [3.05, 3.63) is 71.1 Å². The number of rotatable bonds is 8. The fourth-order valence-corrected chi connectivity index (χ4v) is 4.83. The molecule has 0 spiro atoms. The third kappa shape index (κ3) is 5.85. The molecule has 11 heteroatoms. The smallest absolute Gasteiger partial charge is 0.360 e. The highest BCUT2D eigenvalue weighted by Gasteiger charge is 2.30. The van der Waals surface area contributed by atoms with Crippen LogP contribution in [0.15, 0.2) is 57.9 Å². The first-order valence-electron chi connectivity index (χ1n) is 9.93. The molecule has 2 aromatic heterocycles. The minimum Gasteiger partial charge on any atom is -0.360 e. The summed E-state index contributed by atoms with van der Waals surface area (Å²) in [5.41, 5.74) is 0.916. The van der Waals surface area contributed by atoms with Crippen LogP contribution >= 0.6 is 23.1 Å². The molecule has 0 aliphatic heterocycles. The zero-order chi connectivity index (χ0) is 23.4. The molecule has 2 N–H and O–H groups in total. The highest BCUT2D eigenvalue weighted by molar-refractivity contribution is 7.98. The fourth-order valence-electron chi connectivity index (χ4n) is 3.03. The van der Waals surface area contributed by atoms with E-state index in [0.29, 0.717) is 34.2 Å². The van der Waals surface area contributed by atoms with E-state index in [1.807, 2.05) is 25.1 Å². The van der Waals surface area contributed by atoms with Crippen LogP contribution in [-0.4, -0.2) is 29.1 Å². The number of amides is 1. The van der Waals surface area contributed by atoms with Crippen LogP contribution in [0.2, 0.25) is 0 Å². The van der Waals surface area contributed by atoms with E-state index in [4.69, 9.17) is 4.52 Å². The lowest BCUT2D eigenvalue weighted by Crippen LogP contribution is -2.29. The van der Waals surface area contributed by atoms with Crippen molar-refractivity contribution in [3.8, 4) is 0 Å². The molecule has 0 bridgehead atoms. The minimum atomic E-state index is -4.40. The number of alkyl halides is 3. The molecule has 172 valence electrons. The summed E-state index contributed by atoms with van der Waals surface area (Å²) in [5.74, 6) is 1.07. The zero-order valence-corrected chi connectivity index (χ0v) is 19.0. The summed E-state index contributed by atoms with van der Waals surface area (Å²) in [5, 5.41) is 10.3. The molecule has 0 aliphatic carbocycles. The van der Waals surface area contributed by atoms with Gasteiger partial charge in [-0.3, -0.25) is 4.79 Å². The van der Waals surface area contributed by atoms with Gasteiger partial charge in [0, 0.05) is 24.1 Å². The van der Waals surface area contributed by atoms with Crippen molar-refractivity contribution >= 4 is 44.4 Å². The Morgan fingerprint density at radius 3 is 2.73 bits per heavy atom. The second kappa shape index (κ2) is 9.84. The number of carbonyl (C=O) groups is 1. The highest BCUT2D eigenvalue weighted by Crippen LogP contribution is 2.34. The number of thioether (sulfide) groups is 1. The largest absolute Gasteiger partial charge is 0.416 e. The number of nitrogens with one attached hydrogen (secondary N) is 2. The first-order valence-corrected chi connectivity index (χ1v) is 11.7. The summed E-state index contributed by atoms with van der Waals surface area (Å²) in [6.45, 7) is 2.55. The Balaban J connectivity index is 1.31. The van der Waals surface area contributed by atoms with Crippen LogP contribution in [0.25, 0.3) is 10.2 Å². The van der Waals surface area contributed by atoms with Gasteiger partial charge in [0.25, 0.3) is 5.91 Å². The molecule has 0 radical (unpaired) electrons. The fraction of sp³-hybridized carbons (Fsp3) is 0.227. The lowest BCUT2D eigenvalue weighted by atomic mass is 10.2. The summed E-state index contributed by atoms with van der Waals surface area (Å²) >= 11 is 2.75. The van der Waals surface area contributed by atoms with Crippen LogP contribution in [-0.2, 0) is 11.9 Å². The number of aromatic nitrogens is 2. The van der Waals surface area contributed by atoms with Crippen molar-refractivity contribution in [1.29, 1.82) is 0 Å². The zero-order valence-electron chi connectivity index (χ0n) is 17.4. The van der Waals surface area contributed by atoms with E-state index < -0.39 is 11.7 Å². The molecule has 1 amide bonds. The van der Waals surface area contributed by atoms with E-state index in [2.05, 4.69) is 20.8 Å². The van der Waals surface area contributed by atoms with Crippen molar-refractivity contribution in [1.82, 2.24) is 15.5 Å². The molecule has 4 rings (SSSR count). The molecule has 2 heterocycles. The van der Waals surface area contributed by atoms with E-state index in [1.54, 1.807) is 12.1 Å². The van der Waals surface area contributed by atoms with Gasteiger partial charge in [-0.2, -0.15) is 13.2 Å².